The molecule has 0 saturated carbocycles. The molecule has 0 heterocycles. The second-order valence-corrected chi connectivity index (χ2v) is 4.29. The quantitative estimate of drug-likeness (QED) is 0.617. The number of urea groups is 1. The molecule has 2 aromatic rings. The van der Waals surface area contributed by atoms with Gasteiger partial charge in [-0.1, -0.05) is 42.5 Å². The highest BCUT2D eigenvalue weighted by molar-refractivity contribution is 6.58. The first kappa shape index (κ1) is 14.1. The topological polar surface area (TPSA) is 81.6 Å². The largest absolute Gasteiger partial charge is 0.488 e. The minimum absolute atomic E-state index is 0.314. The van der Waals surface area contributed by atoms with Gasteiger partial charge in [-0.05, 0) is 23.2 Å². The molecule has 0 bridgehead atoms. The fraction of sp³-hybridized carbons (Fsp3) is 0.0714. The van der Waals surface area contributed by atoms with E-state index >= 15 is 0 Å². The number of anilines is 1. The van der Waals surface area contributed by atoms with E-state index in [0.29, 0.717) is 17.7 Å². The van der Waals surface area contributed by atoms with Gasteiger partial charge in [0.15, 0.2) is 0 Å². The smallest absolute Gasteiger partial charge is 0.423 e. The molecule has 2 rings (SSSR count). The van der Waals surface area contributed by atoms with E-state index in [1.54, 1.807) is 12.1 Å². The average molecular weight is 270 g/mol. The van der Waals surface area contributed by atoms with Crippen LogP contribution < -0.4 is 16.1 Å². The lowest BCUT2D eigenvalue weighted by atomic mass is 9.80. The zero-order chi connectivity index (χ0) is 14.4. The minimum atomic E-state index is -1.50. The van der Waals surface area contributed by atoms with E-state index in [9.17, 15) is 4.79 Å². The molecule has 0 aliphatic carbocycles. The van der Waals surface area contributed by atoms with Gasteiger partial charge in [-0.15, -0.1) is 0 Å². The molecule has 0 aliphatic heterocycles. The normalized spacial score (nSPS) is 9.90. The Hall–Kier alpha value is -2.31. The zero-order valence-electron chi connectivity index (χ0n) is 10.8. The summed E-state index contributed by atoms with van der Waals surface area (Å²) in [5, 5.41) is 23.3. The number of rotatable bonds is 4. The molecule has 4 N–H and O–H groups in total. The molecule has 20 heavy (non-hydrogen) atoms. The van der Waals surface area contributed by atoms with E-state index in [1.165, 1.54) is 12.1 Å². The first-order valence-corrected chi connectivity index (χ1v) is 6.20. The van der Waals surface area contributed by atoms with Crippen molar-refractivity contribution in [3.8, 4) is 0 Å². The SMILES string of the molecule is O=C(NCc1ccccc1)Nc1ccc(B(O)O)cc1. The van der Waals surface area contributed by atoms with Crippen molar-refractivity contribution in [2.24, 2.45) is 0 Å². The van der Waals surface area contributed by atoms with Crippen LogP contribution in [0.4, 0.5) is 10.5 Å². The van der Waals surface area contributed by atoms with Gasteiger partial charge in [0.05, 0.1) is 0 Å². The number of carbonyl (C=O) groups excluding carboxylic acids is 1. The average Bonchev–Trinajstić information content (AvgIpc) is 2.47. The molecule has 0 saturated heterocycles. The Morgan fingerprint density at radius 1 is 1.00 bits per heavy atom. The number of carbonyl (C=O) groups is 1. The summed E-state index contributed by atoms with van der Waals surface area (Å²) in [5.74, 6) is 0. The lowest BCUT2D eigenvalue weighted by Crippen LogP contribution is -2.30. The summed E-state index contributed by atoms with van der Waals surface area (Å²) in [4.78, 5) is 11.7. The summed E-state index contributed by atoms with van der Waals surface area (Å²) in [7, 11) is -1.50. The van der Waals surface area contributed by atoms with E-state index in [2.05, 4.69) is 10.6 Å². The van der Waals surface area contributed by atoms with Gasteiger partial charge < -0.3 is 20.7 Å². The van der Waals surface area contributed by atoms with E-state index < -0.39 is 7.12 Å². The number of amides is 2. The Morgan fingerprint density at radius 3 is 2.25 bits per heavy atom. The Morgan fingerprint density at radius 2 is 1.65 bits per heavy atom. The van der Waals surface area contributed by atoms with Crippen LogP contribution in [0.25, 0.3) is 0 Å². The van der Waals surface area contributed by atoms with Gasteiger partial charge in [0, 0.05) is 12.2 Å². The van der Waals surface area contributed by atoms with E-state index in [1.807, 2.05) is 30.3 Å². The maximum Gasteiger partial charge on any atom is 0.488 e. The van der Waals surface area contributed by atoms with Crippen molar-refractivity contribution >= 4 is 24.3 Å². The number of hydrogen-bond donors (Lipinski definition) is 4. The summed E-state index contributed by atoms with van der Waals surface area (Å²) in [6.07, 6.45) is 0. The molecule has 2 aromatic carbocycles. The maximum absolute atomic E-state index is 11.7. The van der Waals surface area contributed by atoms with Crippen LogP contribution in [0, 0.1) is 0 Å². The first-order chi connectivity index (χ1) is 9.65. The van der Waals surface area contributed by atoms with Gasteiger partial charge in [0.2, 0.25) is 0 Å². The van der Waals surface area contributed by atoms with Crippen LogP contribution in [0.1, 0.15) is 5.56 Å². The van der Waals surface area contributed by atoms with Crippen LogP contribution in [0.15, 0.2) is 54.6 Å². The van der Waals surface area contributed by atoms with Crippen molar-refractivity contribution < 1.29 is 14.8 Å². The van der Waals surface area contributed by atoms with Gasteiger partial charge in [-0.3, -0.25) is 0 Å². The Labute approximate surface area is 117 Å². The number of hydrogen-bond acceptors (Lipinski definition) is 3. The molecule has 0 atom stereocenters. The number of benzene rings is 2. The molecular formula is C14H15BN2O3. The number of nitrogens with one attached hydrogen (secondary N) is 2. The lowest BCUT2D eigenvalue weighted by Gasteiger charge is -2.08. The van der Waals surface area contributed by atoms with Gasteiger partial charge in [0.25, 0.3) is 0 Å². The highest BCUT2D eigenvalue weighted by Gasteiger charge is 2.10. The monoisotopic (exact) mass is 270 g/mol. The second-order valence-electron chi connectivity index (χ2n) is 4.29. The predicted octanol–water partition coefficient (Wildman–Crippen LogP) is 0.688. The molecule has 2 amide bonds. The van der Waals surface area contributed by atoms with E-state index in [-0.39, 0.29) is 6.03 Å². The lowest BCUT2D eigenvalue weighted by molar-refractivity contribution is 0.251. The molecule has 0 unspecified atom stereocenters. The first-order valence-electron chi connectivity index (χ1n) is 6.20. The second kappa shape index (κ2) is 6.74. The van der Waals surface area contributed by atoms with Crippen LogP contribution in [0.2, 0.25) is 0 Å². The van der Waals surface area contributed by atoms with Crippen LogP contribution in [-0.4, -0.2) is 23.2 Å². The summed E-state index contributed by atoms with van der Waals surface area (Å²) in [6.45, 7) is 0.445. The highest BCUT2D eigenvalue weighted by atomic mass is 16.4. The maximum atomic E-state index is 11.7. The third kappa shape index (κ3) is 4.12. The summed E-state index contributed by atoms with van der Waals surface area (Å²) in [5.41, 5.74) is 1.97. The summed E-state index contributed by atoms with van der Waals surface area (Å²) in [6, 6.07) is 15.6. The standard InChI is InChI=1S/C14H15BN2O3/c18-14(16-10-11-4-2-1-3-5-11)17-13-8-6-12(7-9-13)15(19)20/h1-9,19-20H,10H2,(H2,16,17,18). The summed E-state index contributed by atoms with van der Waals surface area (Å²) >= 11 is 0. The van der Waals surface area contributed by atoms with Crippen molar-refractivity contribution in [1.29, 1.82) is 0 Å². The van der Waals surface area contributed by atoms with Gasteiger partial charge in [-0.2, -0.15) is 0 Å². The minimum Gasteiger partial charge on any atom is -0.423 e. The molecule has 0 fully saturated rings. The van der Waals surface area contributed by atoms with Crippen LogP contribution in [0.5, 0.6) is 0 Å². The van der Waals surface area contributed by atoms with Crippen molar-refractivity contribution in [3.63, 3.8) is 0 Å². The zero-order valence-corrected chi connectivity index (χ0v) is 10.8. The molecule has 0 aromatic heterocycles. The molecule has 6 heteroatoms. The third-order valence-electron chi connectivity index (χ3n) is 2.76. The highest BCUT2D eigenvalue weighted by Crippen LogP contribution is 2.04. The van der Waals surface area contributed by atoms with Crippen LogP contribution in [0.3, 0.4) is 0 Å². The van der Waals surface area contributed by atoms with Crippen molar-refractivity contribution in [3.05, 3.63) is 60.2 Å². The molecule has 102 valence electrons. The van der Waals surface area contributed by atoms with E-state index in [0.717, 1.165) is 5.56 Å². The summed E-state index contributed by atoms with van der Waals surface area (Å²) < 4.78 is 0. The van der Waals surface area contributed by atoms with E-state index in [4.69, 9.17) is 10.0 Å². The predicted molar refractivity (Wildman–Crippen MR) is 78.6 cm³/mol. The van der Waals surface area contributed by atoms with Crippen molar-refractivity contribution in [1.82, 2.24) is 5.32 Å². The Bertz CT molecular complexity index is 558. The van der Waals surface area contributed by atoms with Gasteiger partial charge in [-0.25, -0.2) is 4.79 Å². The molecule has 0 radical (unpaired) electrons. The Kier molecular flexibility index (Phi) is 4.76. The molecular weight excluding hydrogens is 255 g/mol. The fourth-order valence-corrected chi connectivity index (χ4v) is 1.69. The van der Waals surface area contributed by atoms with Gasteiger partial charge >= 0.3 is 13.1 Å². The molecule has 5 nitrogen and oxygen atoms in total. The third-order valence-corrected chi connectivity index (χ3v) is 2.76. The fourth-order valence-electron chi connectivity index (χ4n) is 1.69. The van der Waals surface area contributed by atoms with Gasteiger partial charge in [0.1, 0.15) is 0 Å². The van der Waals surface area contributed by atoms with Crippen molar-refractivity contribution in [2.45, 2.75) is 6.54 Å². The molecule has 0 aliphatic rings. The van der Waals surface area contributed by atoms with Crippen LogP contribution >= 0.6 is 0 Å². The van der Waals surface area contributed by atoms with Crippen molar-refractivity contribution in [2.75, 3.05) is 5.32 Å². The van der Waals surface area contributed by atoms with Crippen LogP contribution in [-0.2, 0) is 6.54 Å². The Balaban J connectivity index is 1.85. The molecule has 0 spiro atoms.